The molecule has 98 valence electrons. The Kier molecular flexibility index (Phi) is 7.58. The van der Waals surface area contributed by atoms with E-state index in [1.807, 2.05) is 6.92 Å². The van der Waals surface area contributed by atoms with Crippen LogP contribution in [0.3, 0.4) is 0 Å². The molecule has 1 N–H and O–H groups in total. The SMILES string of the molecule is CCNCCCc1nnc(CCCOCC)o1. The number of hydrogen-bond acceptors (Lipinski definition) is 5. The van der Waals surface area contributed by atoms with Crippen LogP contribution in [-0.2, 0) is 17.6 Å². The van der Waals surface area contributed by atoms with Crippen LogP contribution in [-0.4, -0.2) is 36.5 Å². The standard InChI is InChI=1S/C12H23N3O2/c1-3-13-9-5-7-11-14-15-12(17-11)8-6-10-16-4-2/h13H,3-10H2,1-2H3. The molecule has 1 aromatic rings. The van der Waals surface area contributed by atoms with E-state index in [-0.39, 0.29) is 0 Å². The molecule has 0 radical (unpaired) electrons. The van der Waals surface area contributed by atoms with E-state index in [2.05, 4.69) is 22.4 Å². The Morgan fingerprint density at radius 1 is 1.12 bits per heavy atom. The predicted octanol–water partition coefficient (Wildman–Crippen LogP) is 1.58. The molecule has 5 nitrogen and oxygen atoms in total. The van der Waals surface area contributed by atoms with Crippen molar-refractivity contribution in [1.29, 1.82) is 0 Å². The third-order valence-corrected chi connectivity index (χ3v) is 2.39. The van der Waals surface area contributed by atoms with Gasteiger partial charge in [0.15, 0.2) is 0 Å². The van der Waals surface area contributed by atoms with Crippen LogP contribution in [0.15, 0.2) is 4.42 Å². The molecule has 1 aromatic heterocycles. The molecule has 0 amide bonds. The van der Waals surface area contributed by atoms with Crippen LogP contribution in [0.5, 0.6) is 0 Å². The first kappa shape index (κ1) is 14.1. The van der Waals surface area contributed by atoms with Crippen LogP contribution >= 0.6 is 0 Å². The molecule has 1 rings (SSSR count). The minimum absolute atomic E-state index is 0.725. The van der Waals surface area contributed by atoms with Gasteiger partial charge in [0.05, 0.1) is 0 Å². The number of nitrogens with zero attached hydrogens (tertiary/aromatic N) is 2. The lowest BCUT2D eigenvalue weighted by atomic mass is 10.3. The van der Waals surface area contributed by atoms with Gasteiger partial charge in [0.1, 0.15) is 0 Å². The number of aryl methyl sites for hydroxylation is 2. The van der Waals surface area contributed by atoms with E-state index in [9.17, 15) is 0 Å². The molecular formula is C12H23N3O2. The monoisotopic (exact) mass is 241 g/mol. The van der Waals surface area contributed by atoms with Crippen molar-refractivity contribution in [3.05, 3.63) is 11.8 Å². The maximum atomic E-state index is 5.54. The highest BCUT2D eigenvalue weighted by Crippen LogP contribution is 2.05. The zero-order valence-corrected chi connectivity index (χ0v) is 10.9. The van der Waals surface area contributed by atoms with Gasteiger partial charge in [-0.3, -0.25) is 0 Å². The van der Waals surface area contributed by atoms with Crippen LogP contribution < -0.4 is 5.32 Å². The van der Waals surface area contributed by atoms with Crippen molar-refractivity contribution < 1.29 is 9.15 Å². The zero-order chi connectivity index (χ0) is 12.3. The summed E-state index contributed by atoms with van der Waals surface area (Å²) in [6, 6.07) is 0. The van der Waals surface area contributed by atoms with Gasteiger partial charge in [-0.2, -0.15) is 0 Å². The number of hydrogen-bond donors (Lipinski definition) is 1. The summed E-state index contributed by atoms with van der Waals surface area (Å²) in [5.74, 6) is 1.47. The Bertz CT molecular complexity index is 263. The molecule has 0 fully saturated rings. The Morgan fingerprint density at radius 3 is 2.47 bits per heavy atom. The third-order valence-electron chi connectivity index (χ3n) is 2.39. The minimum Gasteiger partial charge on any atom is -0.425 e. The number of aromatic nitrogens is 2. The van der Waals surface area contributed by atoms with Crippen LogP contribution in [0.2, 0.25) is 0 Å². The molecule has 0 bridgehead atoms. The van der Waals surface area contributed by atoms with Crippen LogP contribution in [0.1, 0.15) is 38.5 Å². The van der Waals surface area contributed by atoms with E-state index < -0.39 is 0 Å². The van der Waals surface area contributed by atoms with Gasteiger partial charge in [-0.1, -0.05) is 6.92 Å². The van der Waals surface area contributed by atoms with E-state index in [4.69, 9.17) is 9.15 Å². The number of rotatable bonds is 10. The second-order valence-electron chi connectivity index (χ2n) is 3.85. The maximum Gasteiger partial charge on any atom is 0.216 e. The largest absolute Gasteiger partial charge is 0.425 e. The first-order valence-corrected chi connectivity index (χ1v) is 6.46. The molecule has 0 aliphatic heterocycles. The maximum absolute atomic E-state index is 5.54. The second kappa shape index (κ2) is 9.13. The van der Waals surface area contributed by atoms with Gasteiger partial charge >= 0.3 is 0 Å². The average Bonchev–Trinajstić information content (AvgIpc) is 2.78. The fraction of sp³-hybridized carbons (Fsp3) is 0.833. The Hall–Kier alpha value is -0.940. The smallest absolute Gasteiger partial charge is 0.216 e. The lowest BCUT2D eigenvalue weighted by Gasteiger charge is -1.98. The fourth-order valence-corrected chi connectivity index (χ4v) is 1.50. The molecule has 0 aromatic carbocycles. The molecule has 1 heterocycles. The molecule has 0 saturated heterocycles. The van der Waals surface area contributed by atoms with Gasteiger partial charge in [0, 0.05) is 26.1 Å². The van der Waals surface area contributed by atoms with Gasteiger partial charge in [0.2, 0.25) is 11.8 Å². The lowest BCUT2D eigenvalue weighted by molar-refractivity contribution is 0.143. The van der Waals surface area contributed by atoms with Crippen LogP contribution in [0.25, 0.3) is 0 Å². The van der Waals surface area contributed by atoms with Crippen LogP contribution in [0.4, 0.5) is 0 Å². The normalized spacial score (nSPS) is 10.9. The van der Waals surface area contributed by atoms with Gasteiger partial charge in [-0.05, 0) is 32.9 Å². The van der Waals surface area contributed by atoms with Gasteiger partial charge < -0.3 is 14.5 Å². The van der Waals surface area contributed by atoms with Crippen molar-refractivity contribution in [3.8, 4) is 0 Å². The molecule has 0 aliphatic rings. The Balaban J connectivity index is 2.14. The Labute approximate surface area is 103 Å². The van der Waals surface area contributed by atoms with Crippen LogP contribution in [0, 0.1) is 0 Å². The molecule has 0 saturated carbocycles. The summed E-state index contributed by atoms with van der Waals surface area (Å²) >= 11 is 0. The van der Waals surface area contributed by atoms with E-state index in [1.54, 1.807) is 0 Å². The van der Waals surface area contributed by atoms with E-state index in [0.29, 0.717) is 0 Å². The van der Waals surface area contributed by atoms with Crippen molar-refractivity contribution in [1.82, 2.24) is 15.5 Å². The average molecular weight is 241 g/mol. The Morgan fingerprint density at radius 2 is 1.82 bits per heavy atom. The zero-order valence-electron chi connectivity index (χ0n) is 10.9. The van der Waals surface area contributed by atoms with Gasteiger partial charge in [-0.25, -0.2) is 0 Å². The van der Waals surface area contributed by atoms with Crippen molar-refractivity contribution >= 4 is 0 Å². The summed E-state index contributed by atoms with van der Waals surface area (Å²) < 4.78 is 10.8. The molecule has 0 aliphatic carbocycles. The summed E-state index contributed by atoms with van der Waals surface area (Å²) in [5.41, 5.74) is 0. The highest BCUT2D eigenvalue weighted by atomic mass is 16.5. The minimum atomic E-state index is 0.725. The summed E-state index contributed by atoms with van der Waals surface area (Å²) in [4.78, 5) is 0. The van der Waals surface area contributed by atoms with Crippen molar-refractivity contribution in [2.75, 3.05) is 26.3 Å². The molecule has 0 unspecified atom stereocenters. The van der Waals surface area contributed by atoms with E-state index in [0.717, 1.165) is 63.8 Å². The van der Waals surface area contributed by atoms with Crippen molar-refractivity contribution in [3.63, 3.8) is 0 Å². The summed E-state index contributed by atoms with van der Waals surface area (Å²) in [7, 11) is 0. The fourth-order valence-electron chi connectivity index (χ4n) is 1.50. The number of nitrogens with one attached hydrogen (secondary N) is 1. The second-order valence-corrected chi connectivity index (χ2v) is 3.85. The van der Waals surface area contributed by atoms with Crippen molar-refractivity contribution in [2.24, 2.45) is 0 Å². The van der Waals surface area contributed by atoms with Crippen molar-refractivity contribution in [2.45, 2.75) is 39.5 Å². The summed E-state index contributed by atoms with van der Waals surface area (Å²) in [6.07, 6.45) is 3.63. The lowest BCUT2D eigenvalue weighted by Crippen LogP contribution is -2.14. The first-order valence-electron chi connectivity index (χ1n) is 6.46. The highest BCUT2D eigenvalue weighted by Gasteiger charge is 2.05. The molecule has 5 heteroatoms. The predicted molar refractivity (Wildman–Crippen MR) is 66.0 cm³/mol. The summed E-state index contributed by atoms with van der Waals surface area (Å²) in [5, 5.41) is 11.3. The molecule has 0 spiro atoms. The third kappa shape index (κ3) is 6.38. The topological polar surface area (TPSA) is 60.2 Å². The number of ether oxygens (including phenoxy) is 1. The molecule has 17 heavy (non-hydrogen) atoms. The first-order chi connectivity index (χ1) is 8.36. The summed E-state index contributed by atoms with van der Waals surface area (Å²) in [6.45, 7) is 7.62. The van der Waals surface area contributed by atoms with Gasteiger partial charge in [0.25, 0.3) is 0 Å². The van der Waals surface area contributed by atoms with E-state index in [1.165, 1.54) is 0 Å². The highest BCUT2D eigenvalue weighted by molar-refractivity contribution is 4.82. The van der Waals surface area contributed by atoms with Gasteiger partial charge in [-0.15, -0.1) is 10.2 Å². The molecule has 0 atom stereocenters. The van der Waals surface area contributed by atoms with E-state index >= 15 is 0 Å². The quantitative estimate of drug-likeness (QED) is 0.630. The molecular weight excluding hydrogens is 218 g/mol.